The Morgan fingerprint density at radius 2 is 1.78 bits per heavy atom. The molecule has 0 spiro atoms. The van der Waals surface area contributed by atoms with E-state index < -0.39 is 17.6 Å². The summed E-state index contributed by atoms with van der Waals surface area (Å²) in [5.41, 5.74) is 10.1. The summed E-state index contributed by atoms with van der Waals surface area (Å²) >= 11 is 0. The number of para-hydroxylation sites is 1. The number of nitrogens with one attached hydrogen (secondary N) is 2. The summed E-state index contributed by atoms with van der Waals surface area (Å²) in [5.74, 6) is 0.436. The Kier molecular flexibility index (Phi) is 10.4. The van der Waals surface area contributed by atoms with Crippen LogP contribution in [0, 0.1) is 19.3 Å². The van der Waals surface area contributed by atoms with Crippen LogP contribution in [0.2, 0.25) is 0 Å². The molecule has 2 atom stereocenters. The second-order valence-corrected chi connectivity index (χ2v) is 12.7. The molecule has 10 nitrogen and oxygen atoms in total. The highest BCUT2D eigenvalue weighted by atomic mass is 16.6. The number of hydrogen-bond donors (Lipinski definition) is 3. The molecule has 46 heavy (non-hydrogen) atoms. The minimum absolute atomic E-state index is 0.154. The van der Waals surface area contributed by atoms with Crippen LogP contribution < -0.4 is 21.1 Å². The number of nitrogen functional groups attached to an aromatic ring is 1. The molecule has 244 valence electrons. The number of carbonyl (C=O) groups excluding carboxylic acids is 3. The Morgan fingerprint density at radius 1 is 1.07 bits per heavy atom. The van der Waals surface area contributed by atoms with Crippen molar-refractivity contribution in [2.24, 2.45) is 5.41 Å². The van der Waals surface area contributed by atoms with Crippen LogP contribution in [0.3, 0.4) is 0 Å². The van der Waals surface area contributed by atoms with Gasteiger partial charge in [-0.15, -0.1) is 0 Å². The molecule has 1 saturated heterocycles. The summed E-state index contributed by atoms with van der Waals surface area (Å²) in [6, 6.07) is 16.6. The summed E-state index contributed by atoms with van der Waals surface area (Å²) in [5, 5.41) is 5.90. The fraction of sp³-hybridized carbons (Fsp3) is 0.444. The molecule has 2 amide bonds. The van der Waals surface area contributed by atoms with Gasteiger partial charge in [-0.1, -0.05) is 36.8 Å². The summed E-state index contributed by atoms with van der Waals surface area (Å²) < 4.78 is 11.4. The first kappa shape index (κ1) is 33.1. The molecular formula is C36H45N5O5. The summed E-state index contributed by atoms with van der Waals surface area (Å²) in [6.45, 7) is 5.45. The molecule has 2 aromatic carbocycles. The number of nitrogens with two attached hydrogens (primary N) is 1. The van der Waals surface area contributed by atoms with Crippen LogP contribution in [-0.2, 0) is 25.7 Å². The third-order valence-electron chi connectivity index (χ3n) is 8.94. The van der Waals surface area contributed by atoms with Crippen molar-refractivity contribution >= 4 is 29.1 Å². The van der Waals surface area contributed by atoms with Gasteiger partial charge < -0.3 is 30.7 Å². The highest BCUT2D eigenvalue weighted by molar-refractivity contribution is 6.10. The number of unbranched alkanes of at least 4 members (excludes halogenated alkanes) is 1. The monoisotopic (exact) mass is 627 g/mol. The normalized spacial score (nSPS) is 17.1. The van der Waals surface area contributed by atoms with Gasteiger partial charge in [-0.2, -0.15) is 0 Å². The number of nitrogens with zero attached hydrogens (tertiary/aromatic N) is 2. The number of aryl methyl sites for hydroxylation is 2. The summed E-state index contributed by atoms with van der Waals surface area (Å²) in [4.78, 5) is 46.4. The Hall–Kier alpha value is -4.28. The van der Waals surface area contributed by atoms with E-state index in [-0.39, 0.29) is 17.6 Å². The summed E-state index contributed by atoms with van der Waals surface area (Å²) in [7, 11) is 4.01. The maximum absolute atomic E-state index is 13.5. The second-order valence-electron chi connectivity index (χ2n) is 12.7. The van der Waals surface area contributed by atoms with Crippen LogP contribution in [0.1, 0.15) is 55.3 Å². The van der Waals surface area contributed by atoms with Crippen LogP contribution in [-0.4, -0.2) is 66.9 Å². The molecular weight excluding hydrogens is 582 g/mol. The van der Waals surface area contributed by atoms with E-state index in [0.717, 1.165) is 59.5 Å². The number of pyridine rings is 1. The molecule has 0 radical (unpaired) electrons. The predicted octanol–water partition coefficient (Wildman–Crippen LogP) is 4.82. The van der Waals surface area contributed by atoms with Gasteiger partial charge in [-0.05, 0) is 102 Å². The number of Topliss-reactive ketones (excluding diaryl/α,β-unsaturated/α-hetero) is 1. The smallest absolute Gasteiger partial charge is 0.246 e. The van der Waals surface area contributed by atoms with Crippen LogP contribution in [0.4, 0.5) is 11.5 Å². The third kappa shape index (κ3) is 7.74. The predicted molar refractivity (Wildman–Crippen MR) is 178 cm³/mol. The van der Waals surface area contributed by atoms with Crippen molar-refractivity contribution in [1.82, 2.24) is 15.2 Å². The molecule has 1 saturated carbocycles. The van der Waals surface area contributed by atoms with Crippen molar-refractivity contribution in [2.75, 3.05) is 38.3 Å². The molecule has 5 rings (SSSR count). The van der Waals surface area contributed by atoms with E-state index in [1.54, 1.807) is 0 Å². The van der Waals surface area contributed by atoms with Crippen molar-refractivity contribution < 1.29 is 23.9 Å². The number of aromatic nitrogens is 1. The Labute approximate surface area is 271 Å². The van der Waals surface area contributed by atoms with Gasteiger partial charge in [0.15, 0.2) is 5.78 Å². The molecule has 4 N–H and O–H groups in total. The molecule has 3 aromatic rings. The zero-order valence-corrected chi connectivity index (χ0v) is 27.2. The molecule has 10 heteroatoms. The van der Waals surface area contributed by atoms with Crippen molar-refractivity contribution in [2.45, 2.75) is 71.1 Å². The quantitative estimate of drug-likeness (QED) is 0.124. The van der Waals surface area contributed by atoms with E-state index in [4.69, 9.17) is 15.2 Å². The number of amides is 2. The van der Waals surface area contributed by atoms with Crippen molar-refractivity contribution in [3.8, 4) is 16.9 Å². The number of epoxide rings is 1. The number of carbonyl (C=O) groups is 3. The first-order valence-electron chi connectivity index (χ1n) is 16.0. The van der Waals surface area contributed by atoms with Gasteiger partial charge in [0, 0.05) is 22.5 Å². The van der Waals surface area contributed by atoms with Crippen LogP contribution in [0.25, 0.3) is 11.1 Å². The van der Waals surface area contributed by atoms with Crippen LogP contribution in [0.5, 0.6) is 5.75 Å². The van der Waals surface area contributed by atoms with Gasteiger partial charge in [-0.3, -0.25) is 14.4 Å². The van der Waals surface area contributed by atoms with Gasteiger partial charge in [0.25, 0.3) is 0 Å². The van der Waals surface area contributed by atoms with E-state index in [2.05, 4.69) is 20.5 Å². The number of benzene rings is 2. The van der Waals surface area contributed by atoms with E-state index in [9.17, 15) is 14.4 Å². The molecule has 2 aliphatic rings. The lowest BCUT2D eigenvalue weighted by atomic mass is 9.64. The van der Waals surface area contributed by atoms with Gasteiger partial charge in [0.1, 0.15) is 35.7 Å². The molecule has 0 bridgehead atoms. The fourth-order valence-electron chi connectivity index (χ4n) is 5.85. The Morgan fingerprint density at radius 3 is 2.43 bits per heavy atom. The highest BCUT2D eigenvalue weighted by Gasteiger charge is 2.56. The van der Waals surface area contributed by atoms with Crippen molar-refractivity contribution in [3.05, 3.63) is 71.4 Å². The van der Waals surface area contributed by atoms with E-state index in [1.165, 1.54) is 0 Å². The van der Waals surface area contributed by atoms with E-state index in [0.29, 0.717) is 44.0 Å². The molecule has 2 fully saturated rings. The SMILES string of the molecule is Cc1cc(-c2ccccc2OCc2ccc(NC(=O)[C@H](CCCCN(C)C)NC(=O)C3(C(=O)C4CO4)CCC3)cc2)c(C)nc1N. The first-order chi connectivity index (χ1) is 22.1. The lowest BCUT2D eigenvalue weighted by molar-refractivity contribution is -0.150. The maximum Gasteiger partial charge on any atom is 0.246 e. The summed E-state index contributed by atoms with van der Waals surface area (Å²) in [6.07, 6.45) is 3.43. The molecule has 1 aromatic heterocycles. The topological polar surface area (TPSA) is 139 Å². The second kappa shape index (κ2) is 14.4. The number of hydrogen-bond acceptors (Lipinski definition) is 8. The number of ketones is 1. The Balaban J connectivity index is 1.22. The number of ether oxygens (including phenoxy) is 2. The minimum atomic E-state index is -1.08. The van der Waals surface area contributed by atoms with Gasteiger partial charge >= 0.3 is 0 Å². The zero-order valence-electron chi connectivity index (χ0n) is 27.2. The van der Waals surface area contributed by atoms with Crippen LogP contribution in [0.15, 0.2) is 54.6 Å². The first-order valence-corrected chi connectivity index (χ1v) is 16.0. The zero-order chi connectivity index (χ0) is 32.8. The van der Waals surface area contributed by atoms with Gasteiger partial charge in [0.2, 0.25) is 11.8 Å². The number of rotatable bonds is 15. The molecule has 2 heterocycles. The lowest BCUT2D eigenvalue weighted by Crippen LogP contribution is -2.56. The highest BCUT2D eigenvalue weighted by Crippen LogP contribution is 2.45. The largest absolute Gasteiger partial charge is 0.488 e. The molecule has 1 aliphatic heterocycles. The van der Waals surface area contributed by atoms with Gasteiger partial charge in [0.05, 0.1) is 6.61 Å². The number of anilines is 2. The Bertz CT molecular complexity index is 1560. The van der Waals surface area contributed by atoms with E-state index in [1.807, 2.05) is 82.5 Å². The average molecular weight is 628 g/mol. The van der Waals surface area contributed by atoms with E-state index >= 15 is 0 Å². The van der Waals surface area contributed by atoms with Crippen molar-refractivity contribution in [1.29, 1.82) is 0 Å². The maximum atomic E-state index is 13.5. The lowest BCUT2D eigenvalue weighted by Gasteiger charge is -2.39. The third-order valence-corrected chi connectivity index (χ3v) is 8.94. The van der Waals surface area contributed by atoms with Crippen LogP contribution >= 0.6 is 0 Å². The minimum Gasteiger partial charge on any atom is -0.488 e. The fourth-order valence-corrected chi connectivity index (χ4v) is 5.85. The molecule has 1 aliphatic carbocycles. The standard InChI is InChI=1S/C36H45N5O5/c1-23-20-28(24(2)38-33(23)37)27-10-5-6-12-30(27)45-21-25-13-15-26(16-14-25)39-34(43)29(11-7-8-19-41(3)4)40-35(44)36(17-9-18-36)32(42)31-22-46-31/h5-6,10,12-16,20,29,31H,7-9,11,17-19,21-22H2,1-4H3,(H2,37,38)(H,39,43)(H,40,44)/t29-,31?/m0/s1. The van der Waals surface area contributed by atoms with Crippen molar-refractivity contribution in [3.63, 3.8) is 0 Å². The van der Waals surface area contributed by atoms with Gasteiger partial charge in [-0.25, -0.2) is 4.98 Å². The average Bonchev–Trinajstić information content (AvgIpc) is 3.85. The molecule has 1 unspecified atom stereocenters.